The molecular weight excluding hydrogens is 206 g/mol. The van der Waals surface area contributed by atoms with Crippen LogP contribution in [0.4, 0.5) is 0 Å². The molecule has 1 aliphatic rings. The Kier molecular flexibility index (Phi) is 4.74. The van der Waals surface area contributed by atoms with Crippen LogP contribution in [0.5, 0.6) is 0 Å². The van der Waals surface area contributed by atoms with Crippen molar-refractivity contribution < 1.29 is 15.0 Å². The number of aliphatic carboxylic acids is 1. The van der Waals surface area contributed by atoms with Crippen molar-refractivity contribution >= 4 is 5.97 Å². The van der Waals surface area contributed by atoms with Gasteiger partial charge in [0.2, 0.25) is 0 Å². The van der Waals surface area contributed by atoms with Gasteiger partial charge >= 0.3 is 5.97 Å². The summed E-state index contributed by atoms with van der Waals surface area (Å²) < 4.78 is 0. The third-order valence-electron chi connectivity index (χ3n) is 3.16. The molecule has 94 valence electrons. The molecule has 0 aromatic heterocycles. The van der Waals surface area contributed by atoms with Gasteiger partial charge in [-0.3, -0.25) is 9.69 Å². The number of hydrogen-bond donors (Lipinski definition) is 2. The smallest absolute Gasteiger partial charge is 0.320 e. The first-order valence-electron chi connectivity index (χ1n) is 6.09. The lowest BCUT2D eigenvalue weighted by Crippen LogP contribution is -2.43. The Labute approximate surface area is 97.3 Å². The second-order valence-electron chi connectivity index (χ2n) is 5.30. The quantitative estimate of drug-likeness (QED) is 0.766. The lowest BCUT2D eigenvalue weighted by molar-refractivity contribution is -0.143. The number of nitrogens with zero attached hydrogens (tertiary/aromatic N) is 1. The van der Waals surface area contributed by atoms with E-state index in [0.29, 0.717) is 13.0 Å². The van der Waals surface area contributed by atoms with Gasteiger partial charge in [0.1, 0.15) is 6.04 Å². The van der Waals surface area contributed by atoms with E-state index in [2.05, 4.69) is 0 Å². The highest BCUT2D eigenvalue weighted by atomic mass is 16.4. The number of carbonyl (C=O) groups is 1. The minimum atomic E-state index is -0.724. The first kappa shape index (κ1) is 13.5. The van der Waals surface area contributed by atoms with Gasteiger partial charge in [-0.25, -0.2) is 0 Å². The van der Waals surface area contributed by atoms with Crippen molar-refractivity contribution in [2.24, 2.45) is 0 Å². The maximum absolute atomic E-state index is 11.1. The average Bonchev–Trinajstić information content (AvgIpc) is 2.38. The predicted octanol–water partition coefficient (Wildman–Crippen LogP) is 1.48. The zero-order chi connectivity index (χ0) is 12.2. The van der Waals surface area contributed by atoms with Gasteiger partial charge in [-0.2, -0.15) is 0 Å². The van der Waals surface area contributed by atoms with Crippen molar-refractivity contribution in [3.05, 3.63) is 0 Å². The van der Waals surface area contributed by atoms with E-state index in [9.17, 15) is 9.90 Å². The topological polar surface area (TPSA) is 60.8 Å². The standard InChI is InChI=1S/C12H23NO3/c1-12(2,16)7-9-13-8-5-3-4-6-10(13)11(14)15/h10,16H,3-9H2,1-2H3,(H,14,15). The Morgan fingerprint density at radius 2 is 2.06 bits per heavy atom. The summed E-state index contributed by atoms with van der Waals surface area (Å²) >= 11 is 0. The maximum atomic E-state index is 11.1. The summed E-state index contributed by atoms with van der Waals surface area (Å²) in [5.74, 6) is -0.724. The molecule has 1 fully saturated rings. The van der Waals surface area contributed by atoms with E-state index in [1.807, 2.05) is 4.90 Å². The molecule has 0 aliphatic carbocycles. The van der Waals surface area contributed by atoms with Crippen molar-refractivity contribution in [2.45, 2.75) is 57.6 Å². The summed E-state index contributed by atoms with van der Waals surface area (Å²) in [6, 6.07) is -0.357. The fourth-order valence-corrected chi connectivity index (χ4v) is 2.13. The molecule has 0 bridgehead atoms. The maximum Gasteiger partial charge on any atom is 0.320 e. The van der Waals surface area contributed by atoms with E-state index in [4.69, 9.17) is 5.11 Å². The van der Waals surface area contributed by atoms with Gasteiger partial charge in [0, 0.05) is 6.54 Å². The van der Waals surface area contributed by atoms with Gasteiger partial charge in [-0.05, 0) is 39.7 Å². The van der Waals surface area contributed by atoms with Crippen LogP contribution in [0.3, 0.4) is 0 Å². The lowest BCUT2D eigenvalue weighted by atomic mass is 10.0. The molecule has 0 aromatic rings. The largest absolute Gasteiger partial charge is 0.480 e. The highest BCUT2D eigenvalue weighted by molar-refractivity contribution is 5.73. The Bertz CT molecular complexity index is 235. The number of hydrogen-bond acceptors (Lipinski definition) is 3. The fraction of sp³-hybridized carbons (Fsp3) is 0.917. The van der Waals surface area contributed by atoms with E-state index in [-0.39, 0.29) is 6.04 Å². The highest BCUT2D eigenvalue weighted by Crippen LogP contribution is 2.19. The molecule has 1 rings (SSSR count). The molecule has 0 radical (unpaired) electrons. The number of rotatable bonds is 4. The summed E-state index contributed by atoms with van der Waals surface area (Å²) in [6.45, 7) is 5.04. The number of aliphatic hydroxyl groups is 1. The van der Waals surface area contributed by atoms with Gasteiger partial charge in [-0.1, -0.05) is 12.8 Å². The molecule has 0 amide bonds. The Balaban J connectivity index is 2.54. The first-order valence-corrected chi connectivity index (χ1v) is 6.09. The van der Waals surface area contributed by atoms with E-state index >= 15 is 0 Å². The average molecular weight is 229 g/mol. The zero-order valence-electron chi connectivity index (χ0n) is 10.3. The third kappa shape index (κ3) is 4.49. The summed E-state index contributed by atoms with van der Waals surface area (Å²) in [4.78, 5) is 13.1. The van der Waals surface area contributed by atoms with E-state index < -0.39 is 11.6 Å². The first-order chi connectivity index (χ1) is 7.40. The predicted molar refractivity (Wildman–Crippen MR) is 62.4 cm³/mol. The minimum Gasteiger partial charge on any atom is -0.480 e. The molecule has 0 spiro atoms. The van der Waals surface area contributed by atoms with E-state index in [0.717, 1.165) is 32.2 Å². The highest BCUT2D eigenvalue weighted by Gasteiger charge is 2.27. The van der Waals surface area contributed by atoms with Gasteiger partial charge in [0.15, 0.2) is 0 Å². The van der Waals surface area contributed by atoms with Gasteiger partial charge < -0.3 is 10.2 Å². The van der Waals surface area contributed by atoms with Crippen LogP contribution >= 0.6 is 0 Å². The van der Waals surface area contributed by atoms with Crippen molar-refractivity contribution in [2.75, 3.05) is 13.1 Å². The van der Waals surface area contributed by atoms with E-state index in [1.54, 1.807) is 13.8 Å². The molecule has 1 unspecified atom stereocenters. The molecule has 4 nitrogen and oxygen atoms in total. The van der Waals surface area contributed by atoms with Crippen LogP contribution in [0.15, 0.2) is 0 Å². The van der Waals surface area contributed by atoms with Crippen molar-refractivity contribution in [3.8, 4) is 0 Å². The van der Waals surface area contributed by atoms with Crippen LogP contribution < -0.4 is 0 Å². The van der Waals surface area contributed by atoms with E-state index in [1.165, 1.54) is 0 Å². The lowest BCUT2D eigenvalue weighted by Gasteiger charge is -2.29. The summed E-state index contributed by atoms with van der Waals surface area (Å²) in [7, 11) is 0. The molecule has 0 aromatic carbocycles. The summed E-state index contributed by atoms with van der Waals surface area (Å²) in [5.41, 5.74) is -0.713. The summed E-state index contributed by atoms with van der Waals surface area (Å²) in [5, 5.41) is 18.8. The van der Waals surface area contributed by atoms with Crippen LogP contribution in [0.25, 0.3) is 0 Å². The summed E-state index contributed by atoms with van der Waals surface area (Å²) in [6.07, 6.45) is 4.53. The number of carboxylic acid groups (broad SMARTS) is 1. The second-order valence-corrected chi connectivity index (χ2v) is 5.30. The molecule has 0 saturated carbocycles. The SMILES string of the molecule is CC(C)(O)CCN1CCCCCC1C(=O)O. The van der Waals surface area contributed by atoms with Crippen molar-refractivity contribution in [3.63, 3.8) is 0 Å². The molecule has 4 heteroatoms. The van der Waals surface area contributed by atoms with Crippen molar-refractivity contribution in [1.82, 2.24) is 4.90 Å². The van der Waals surface area contributed by atoms with Crippen LogP contribution in [0.1, 0.15) is 46.0 Å². The zero-order valence-corrected chi connectivity index (χ0v) is 10.3. The molecular formula is C12H23NO3. The third-order valence-corrected chi connectivity index (χ3v) is 3.16. The second kappa shape index (κ2) is 5.64. The number of likely N-dealkylation sites (tertiary alicyclic amines) is 1. The van der Waals surface area contributed by atoms with Gasteiger partial charge in [-0.15, -0.1) is 0 Å². The molecule has 16 heavy (non-hydrogen) atoms. The number of carboxylic acids is 1. The minimum absolute atomic E-state index is 0.357. The van der Waals surface area contributed by atoms with Crippen molar-refractivity contribution in [1.29, 1.82) is 0 Å². The monoisotopic (exact) mass is 229 g/mol. The van der Waals surface area contributed by atoms with Gasteiger partial charge in [0.25, 0.3) is 0 Å². The normalized spacial score (nSPS) is 24.1. The molecule has 1 saturated heterocycles. The molecule has 1 aliphatic heterocycles. The van der Waals surface area contributed by atoms with Gasteiger partial charge in [0.05, 0.1) is 5.60 Å². The Hall–Kier alpha value is -0.610. The molecule has 1 heterocycles. The molecule has 2 N–H and O–H groups in total. The Morgan fingerprint density at radius 3 is 2.62 bits per heavy atom. The van der Waals surface area contributed by atoms with Crippen LogP contribution in [0, 0.1) is 0 Å². The molecule has 1 atom stereocenters. The Morgan fingerprint density at radius 1 is 1.38 bits per heavy atom. The van der Waals surface area contributed by atoms with Crippen LogP contribution in [0.2, 0.25) is 0 Å². The van der Waals surface area contributed by atoms with Crippen LogP contribution in [-0.2, 0) is 4.79 Å². The fourth-order valence-electron chi connectivity index (χ4n) is 2.13. The van der Waals surface area contributed by atoms with Crippen LogP contribution in [-0.4, -0.2) is 45.8 Å².